The number of esters is 1. The van der Waals surface area contributed by atoms with E-state index < -0.39 is 5.60 Å². The largest absolute Gasteiger partial charge is 0.464 e. The highest BCUT2D eigenvalue weighted by atomic mass is 16.6. The van der Waals surface area contributed by atoms with E-state index in [4.69, 9.17) is 13.9 Å². The lowest BCUT2D eigenvalue weighted by atomic mass is 10.1. The standard InChI is InChI=1S/C23H33NO4/c1-6-26-22(25)23(4,5)27-16-10-8-7-9-11-20-18(3)28-21(24-20)19-14-12-17(2)13-15-19/h12-15H,6-11,16H2,1-5H3. The van der Waals surface area contributed by atoms with Crippen LogP contribution in [-0.4, -0.2) is 29.8 Å². The van der Waals surface area contributed by atoms with Crippen LogP contribution in [0.4, 0.5) is 0 Å². The molecule has 28 heavy (non-hydrogen) atoms. The number of carbonyl (C=O) groups is 1. The maximum atomic E-state index is 11.8. The Morgan fingerprint density at radius 3 is 2.43 bits per heavy atom. The normalized spacial score (nSPS) is 11.6. The van der Waals surface area contributed by atoms with Crippen molar-refractivity contribution in [2.24, 2.45) is 0 Å². The number of oxazole rings is 1. The molecular weight excluding hydrogens is 354 g/mol. The Balaban J connectivity index is 1.69. The minimum atomic E-state index is -0.875. The van der Waals surface area contributed by atoms with Gasteiger partial charge < -0.3 is 13.9 Å². The Kier molecular flexibility index (Phi) is 8.24. The Hall–Kier alpha value is -2.14. The second-order valence-corrected chi connectivity index (χ2v) is 7.63. The van der Waals surface area contributed by atoms with E-state index >= 15 is 0 Å². The number of rotatable bonds is 11. The second-order valence-electron chi connectivity index (χ2n) is 7.63. The first-order chi connectivity index (χ1) is 13.3. The van der Waals surface area contributed by atoms with E-state index in [9.17, 15) is 4.79 Å². The van der Waals surface area contributed by atoms with Crippen LogP contribution in [-0.2, 0) is 20.7 Å². The smallest absolute Gasteiger partial charge is 0.337 e. The molecule has 1 heterocycles. The fraction of sp³-hybridized carbons (Fsp3) is 0.565. The third kappa shape index (κ3) is 6.48. The first-order valence-corrected chi connectivity index (χ1v) is 10.2. The zero-order valence-corrected chi connectivity index (χ0v) is 17.8. The Bertz CT molecular complexity index is 746. The molecule has 1 aromatic heterocycles. The van der Waals surface area contributed by atoms with Gasteiger partial charge in [-0.15, -0.1) is 0 Å². The van der Waals surface area contributed by atoms with Crippen LogP contribution in [0.1, 0.15) is 63.5 Å². The number of carbonyl (C=O) groups excluding carboxylic acids is 1. The van der Waals surface area contributed by atoms with Gasteiger partial charge in [0.25, 0.3) is 0 Å². The van der Waals surface area contributed by atoms with Crippen molar-refractivity contribution in [2.45, 2.75) is 72.3 Å². The number of hydrogen-bond acceptors (Lipinski definition) is 5. The summed E-state index contributed by atoms with van der Waals surface area (Å²) >= 11 is 0. The van der Waals surface area contributed by atoms with Gasteiger partial charge in [0, 0.05) is 12.2 Å². The first kappa shape index (κ1) is 22.2. The number of ether oxygens (including phenoxy) is 2. The van der Waals surface area contributed by atoms with E-state index in [1.54, 1.807) is 20.8 Å². The number of hydrogen-bond donors (Lipinski definition) is 0. The molecule has 5 heteroatoms. The van der Waals surface area contributed by atoms with Crippen LogP contribution in [0.3, 0.4) is 0 Å². The molecule has 0 aliphatic heterocycles. The summed E-state index contributed by atoms with van der Waals surface area (Å²) in [6.45, 7) is 10.3. The lowest BCUT2D eigenvalue weighted by Gasteiger charge is -2.22. The van der Waals surface area contributed by atoms with E-state index in [1.165, 1.54) is 5.56 Å². The fourth-order valence-corrected chi connectivity index (χ4v) is 2.92. The third-order valence-corrected chi connectivity index (χ3v) is 4.73. The highest BCUT2D eigenvalue weighted by molar-refractivity contribution is 5.78. The van der Waals surface area contributed by atoms with Gasteiger partial charge in [-0.1, -0.05) is 30.5 Å². The molecule has 2 rings (SSSR count). The van der Waals surface area contributed by atoms with Crippen LogP contribution in [0.25, 0.3) is 11.5 Å². The van der Waals surface area contributed by atoms with Gasteiger partial charge >= 0.3 is 5.97 Å². The molecule has 0 spiro atoms. The highest BCUT2D eigenvalue weighted by Gasteiger charge is 2.29. The quantitative estimate of drug-likeness (QED) is 0.380. The van der Waals surface area contributed by atoms with Crippen LogP contribution in [0.5, 0.6) is 0 Å². The molecular formula is C23H33NO4. The van der Waals surface area contributed by atoms with Crippen LogP contribution in [0, 0.1) is 13.8 Å². The lowest BCUT2D eigenvalue weighted by molar-refractivity contribution is -0.167. The molecule has 0 bridgehead atoms. The summed E-state index contributed by atoms with van der Waals surface area (Å²) in [5.41, 5.74) is 2.40. The fourth-order valence-electron chi connectivity index (χ4n) is 2.92. The zero-order valence-electron chi connectivity index (χ0n) is 17.8. The number of unbranched alkanes of at least 4 members (excludes halogenated alkanes) is 3. The maximum absolute atomic E-state index is 11.8. The monoisotopic (exact) mass is 387 g/mol. The van der Waals surface area contributed by atoms with Gasteiger partial charge in [-0.05, 0) is 66.0 Å². The summed E-state index contributed by atoms with van der Waals surface area (Å²) < 4.78 is 16.5. The number of nitrogens with zero attached hydrogens (tertiary/aromatic N) is 1. The molecule has 0 N–H and O–H groups in total. The lowest BCUT2D eigenvalue weighted by Crippen LogP contribution is -2.37. The number of aryl methyl sites for hydroxylation is 3. The molecule has 0 aliphatic rings. The SMILES string of the molecule is CCOC(=O)C(C)(C)OCCCCCCc1nc(-c2ccc(C)cc2)oc1C. The third-order valence-electron chi connectivity index (χ3n) is 4.73. The predicted octanol–water partition coefficient (Wildman–Crippen LogP) is 5.42. The van der Waals surface area contributed by atoms with Crippen LogP contribution >= 0.6 is 0 Å². The summed E-state index contributed by atoms with van der Waals surface area (Å²) in [6.07, 6.45) is 5.05. The average molecular weight is 388 g/mol. The number of benzene rings is 1. The minimum absolute atomic E-state index is 0.305. The van der Waals surface area contributed by atoms with Gasteiger partial charge in [0.05, 0.1) is 12.3 Å². The molecule has 0 amide bonds. The molecule has 154 valence electrons. The Morgan fingerprint density at radius 2 is 1.75 bits per heavy atom. The Labute approximate surface area is 168 Å². The molecule has 0 saturated heterocycles. The van der Waals surface area contributed by atoms with Crippen LogP contribution in [0.15, 0.2) is 28.7 Å². The molecule has 5 nitrogen and oxygen atoms in total. The van der Waals surface area contributed by atoms with Crippen molar-refractivity contribution in [3.63, 3.8) is 0 Å². The predicted molar refractivity (Wildman–Crippen MR) is 110 cm³/mol. The van der Waals surface area contributed by atoms with Gasteiger partial charge in [0.15, 0.2) is 5.60 Å². The van der Waals surface area contributed by atoms with Crippen LogP contribution < -0.4 is 0 Å². The topological polar surface area (TPSA) is 61.6 Å². The van der Waals surface area contributed by atoms with Crippen molar-refractivity contribution in [2.75, 3.05) is 13.2 Å². The van der Waals surface area contributed by atoms with Gasteiger partial charge in [0.2, 0.25) is 5.89 Å². The summed E-state index contributed by atoms with van der Waals surface area (Å²) in [5.74, 6) is 1.29. The maximum Gasteiger partial charge on any atom is 0.337 e. The zero-order chi connectivity index (χ0) is 20.6. The summed E-state index contributed by atoms with van der Waals surface area (Å²) in [7, 11) is 0. The van der Waals surface area contributed by atoms with E-state index in [2.05, 4.69) is 24.0 Å². The molecule has 0 radical (unpaired) electrons. The number of aromatic nitrogens is 1. The van der Waals surface area contributed by atoms with E-state index in [0.29, 0.717) is 19.1 Å². The van der Waals surface area contributed by atoms with Crippen molar-refractivity contribution in [1.29, 1.82) is 0 Å². The van der Waals surface area contributed by atoms with Gasteiger partial charge in [-0.2, -0.15) is 0 Å². The molecule has 2 aromatic rings. The van der Waals surface area contributed by atoms with E-state index in [1.807, 2.05) is 19.1 Å². The molecule has 1 aromatic carbocycles. The van der Waals surface area contributed by atoms with Crippen molar-refractivity contribution >= 4 is 5.97 Å². The van der Waals surface area contributed by atoms with Gasteiger partial charge in [-0.25, -0.2) is 9.78 Å². The molecule has 0 fully saturated rings. The molecule has 0 aliphatic carbocycles. The summed E-state index contributed by atoms with van der Waals surface area (Å²) in [6, 6.07) is 8.23. The average Bonchev–Trinajstić information content (AvgIpc) is 3.02. The van der Waals surface area contributed by atoms with Crippen molar-refractivity contribution in [3.8, 4) is 11.5 Å². The summed E-state index contributed by atoms with van der Waals surface area (Å²) in [5, 5.41) is 0. The minimum Gasteiger partial charge on any atom is -0.464 e. The van der Waals surface area contributed by atoms with Gasteiger partial charge in [0.1, 0.15) is 5.76 Å². The van der Waals surface area contributed by atoms with E-state index in [0.717, 1.165) is 49.1 Å². The summed E-state index contributed by atoms with van der Waals surface area (Å²) in [4.78, 5) is 16.4. The molecule has 0 saturated carbocycles. The molecule has 0 unspecified atom stereocenters. The first-order valence-electron chi connectivity index (χ1n) is 10.2. The second kappa shape index (κ2) is 10.4. The van der Waals surface area contributed by atoms with Crippen molar-refractivity contribution < 1.29 is 18.7 Å². The van der Waals surface area contributed by atoms with E-state index in [-0.39, 0.29) is 5.97 Å². The van der Waals surface area contributed by atoms with Gasteiger partial charge in [-0.3, -0.25) is 0 Å². The molecule has 0 atom stereocenters. The van der Waals surface area contributed by atoms with Crippen molar-refractivity contribution in [1.82, 2.24) is 4.98 Å². The van der Waals surface area contributed by atoms with Crippen molar-refractivity contribution in [3.05, 3.63) is 41.3 Å². The van der Waals surface area contributed by atoms with Crippen LogP contribution in [0.2, 0.25) is 0 Å². The Morgan fingerprint density at radius 1 is 1.07 bits per heavy atom. The highest BCUT2D eigenvalue weighted by Crippen LogP contribution is 2.23.